The van der Waals surface area contributed by atoms with E-state index in [-0.39, 0.29) is 45.5 Å². The smallest absolute Gasteiger partial charge is 0.187 e. The molecule has 8 rings (SSSR count). The molecule has 8 fully saturated rings. The van der Waals surface area contributed by atoms with E-state index in [1.165, 1.54) is 5.57 Å². The maximum absolute atomic E-state index is 12.3. The van der Waals surface area contributed by atoms with Gasteiger partial charge in [-0.25, -0.2) is 0 Å². The summed E-state index contributed by atoms with van der Waals surface area (Å²) in [5, 5.41) is 86.1. The van der Waals surface area contributed by atoms with Crippen LogP contribution in [0, 0.1) is 51.2 Å². The highest BCUT2D eigenvalue weighted by molar-refractivity contribution is 5.27. The van der Waals surface area contributed by atoms with Crippen LogP contribution >= 0.6 is 0 Å². The van der Waals surface area contributed by atoms with Crippen molar-refractivity contribution < 1.29 is 69.3 Å². The number of hydrogen-bond acceptors (Lipinski definition) is 14. The van der Waals surface area contributed by atoms with Crippen LogP contribution < -0.4 is 0 Å². The number of rotatable bonds is 7. The average molecular weight is 797 g/mol. The summed E-state index contributed by atoms with van der Waals surface area (Å²) in [6, 6.07) is 0. The van der Waals surface area contributed by atoms with Gasteiger partial charge in [-0.05, 0) is 93.3 Å². The lowest BCUT2D eigenvalue weighted by Crippen LogP contribution is -2.68. The van der Waals surface area contributed by atoms with Crippen molar-refractivity contribution in [1.82, 2.24) is 0 Å². The first-order chi connectivity index (χ1) is 26.2. The standard InChI is InChI=1S/C42H68O14/c1-20(2)14-21-17-51-42-18-41(19-52-42)22(34(42)40(21,7)50)8-9-26-38(5)12-11-27(37(3,4)25(38)10-13-39(26,41)6)55-36-32(49)33(29(46)24(16-44)54-36)56-35-31(48)30(47)28(45)23(15-43)53-35/h14,21-36,43-50H,8-13,15-19H2,1-7H3/t21-,22-,23-,24-,25+,26-,27+,28-,29-,30+,31-,32-,33+,34+,35+,36+,38+,39-,40+,41+,42-/m1/s1. The van der Waals surface area contributed by atoms with Crippen LogP contribution in [0.1, 0.15) is 93.4 Å². The van der Waals surface area contributed by atoms with E-state index in [1.54, 1.807) is 0 Å². The summed E-state index contributed by atoms with van der Waals surface area (Å²) in [7, 11) is 0. The Labute approximate surface area is 330 Å². The van der Waals surface area contributed by atoms with Crippen molar-refractivity contribution in [1.29, 1.82) is 0 Å². The quantitative estimate of drug-likeness (QED) is 0.135. The van der Waals surface area contributed by atoms with Gasteiger partial charge < -0.3 is 69.3 Å². The van der Waals surface area contributed by atoms with Crippen LogP contribution in [-0.4, -0.2) is 146 Å². The summed E-state index contributed by atoms with van der Waals surface area (Å²) in [5.74, 6) is 0.0262. The predicted octanol–water partition coefficient (Wildman–Crippen LogP) is 1.36. The molecule has 56 heavy (non-hydrogen) atoms. The summed E-state index contributed by atoms with van der Waals surface area (Å²) < 4.78 is 37.5. The summed E-state index contributed by atoms with van der Waals surface area (Å²) in [4.78, 5) is 0. The maximum atomic E-state index is 12.3. The molecule has 8 N–H and O–H groups in total. The molecular weight excluding hydrogens is 728 g/mol. The van der Waals surface area contributed by atoms with Crippen LogP contribution in [0.2, 0.25) is 0 Å². The van der Waals surface area contributed by atoms with Crippen LogP contribution in [0.3, 0.4) is 0 Å². The first kappa shape index (κ1) is 41.9. The Morgan fingerprint density at radius 3 is 2.05 bits per heavy atom. The highest BCUT2D eigenvalue weighted by Gasteiger charge is 2.81. The lowest BCUT2D eigenvalue weighted by Gasteiger charge is -2.70. The fraction of sp³-hybridized carbons (Fsp3) is 0.952. The van der Waals surface area contributed by atoms with Gasteiger partial charge in [-0.2, -0.15) is 0 Å². The maximum Gasteiger partial charge on any atom is 0.187 e. The number of hydrogen-bond donors (Lipinski definition) is 8. The van der Waals surface area contributed by atoms with Gasteiger partial charge in [0.25, 0.3) is 0 Å². The van der Waals surface area contributed by atoms with Crippen LogP contribution in [0.4, 0.5) is 0 Å². The van der Waals surface area contributed by atoms with Crippen LogP contribution in [0.5, 0.6) is 0 Å². The largest absolute Gasteiger partial charge is 0.394 e. The first-order valence-electron chi connectivity index (χ1n) is 21.1. The topological polar surface area (TPSA) is 217 Å². The molecule has 0 radical (unpaired) electrons. The van der Waals surface area contributed by atoms with E-state index in [1.807, 2.05) is 6.92 Å². The van der Waals surface area contributed by atoms with Crippen molar-refractivity contribution in [2.45, 2.75) is 172 Å². The van der Waals surface area contributed by atoms with Gasteiger partial charge in [-0.3, -0.25) is 0 Å². The van der Waals surface area contributed by atoms with Crippen molar-refractivity contribution in [2.24, 2.45) is 51.2 Å². The Balaban J connectivity index is 1.01. The summed E-state index contributed by atoms with van der Waals surface area (Å²) in [6.45, 7) is 15.4. The molecule has 4 aliphatic heterocycles. The van der Waals surface area contributed by atoms with Crippen LogP contribution in [-0.2, 0) is 28.4 Å². The second-order valence-corrected chi connectivity index (χ2v) is 20.5. The number of allylic oxidation sites excluding steroid dienone is 1. The minimum Gasteiger partial charge on any atom is -0.394 e. The molecule has 2 bridgehead atoms. The zero-order valence-electron chi connectivity index (χ0n) is 34.1. The Kier molecular flexibility index (Phi) is 10.6. The van der Waals surface area contributed by atoms with Crippen LogP contribution in [0.25, 0.3) is 0 Å². The zero-order chi connectivity index (χ0) is 40.5. The number of ether oxygens (including phenoxy) is 6. The number of aliphatic hydroxyl groups excluding tert-OH is 7. The minimum absolute atomic E-state index is 0.0284. The molecule has 0 aromatic rings. The van der Waals surface area contributed by atoms with E-state index in [0.717, 1.165) is 38.5 Å². The van der Waals surface area contributed by atoms with Crippen LogP contribution in [0.15, 0.2) is 11.6 Å². The van der Waals surface area contributed by atoms with Crippen molar-refractivity contribution in [2.75, 3.05) is 26.4 Å². The Morgan fingerprint density at radius 2 is 1.39 bits per heavy atom. The number of fused-ring (bicyclic) bond motifs is 4. The molecule has 0 unspecified atom stereocenters. The summed E-state index contributed by atoms with van der Waals surface area (Å²) in [6.07, 6.45) is -6.79. The lowest BCUT2D eigenvalue weighted by molar-refractivity contribution is -0.370. The van der Waals surface area contributed by atoms with Gasteiger partial charge in [0.2, 0.25) is 0 Å². The van der Waals surface area contributed by atoms with Gasteiger partial charge in [0.05, 0.1) is 38.1 Å². The SMILES string of the molecule is CC(C)=C[C@@H]1CO[C@]23C[C@]4(CO2)[C@H](CC[C@@H]2[C@@]5(C)CC[C@H](O[C@@H]6O[C@H](CO)[C@@H](O)[C@H](O[C@@H]7O[C@H](CO)[C@@H](O)[C@H](O)[C@H]7O)[C@H]6O)C(C)(C)[C@@H]5CC[C@]24C)[C@H]3[C@@]1(C)O. The number of aliphatic hydroxyl groups is 8. The first-order valence-corrected chi connectivity index (χ1v) is 21.1. The van der Waals surface area contributed by atoms with Gasteiger partial charge in [-0.15, -0.1) is 0 Å². The van der Waals surface area contributed by atoms with E-state index in [4.69, 9.17) is 28.4 Å². The van der Waals surface area contributed by atoms with E-state index in [2.05, 4.69) is 47.6 Å². The second-order valence-electron chi connectivity index (χ2n) is 20.5. The summed E-state index contributed by atoms with van der Waals surface area (Å²) >= 11 is 0. The highest BCUT2D eigenvalue weighted by Crippen LogP contribution is 2.80. The third-order valence-electron chi connectivity index (χ3n) is 17.3. The van der Waals surface area contributed by atoms with Crippen molar-refractivity contribution >= 4 is 0 Å². The average Bonchev–Trinajstić information content (AvgIpc) is 3.67. The Bertz CT molecular complexity index is 1500. The lowest BCUT2D eigenvalue weighted by atomic mass is 9.35. The van der Waals surface area contributed by atoms with Gasteiger partial charge in [0.1, 0.15) is 48.8 Å². The second kappa shape index (κ2) is 14.1. The van der Waals surface area contributed by atoms with Crippen molar-refractivity contribution in [3.05, 3.63) is 11.6 Å². The van der Waals surface area contributed by atoms with E-state index < -0.39 is 86.0 Å². The molecule has 2 spiro atoms. The molecule has 0 aromatic carbocycles. The van der Waals surface area contributed by atoms with E-state index >= 15 is 0 Å². The van der Waals surface area contributed by atoms with E-state index in [9.17, 15) is 40.9 Å². The van der Waals surface area contributed by atoms with Crippen molar-refractivity contribution in [3.8, 4) is 0 Å². The van der Waals surface area contributed by atoms with Gasteiger partial charge in [0.15, 0.2) is 18.4 Å². The molecular formula is C42H68O14. The Morgan fingerprint density at radius 1 is 0.732 bits per heavy atom. The molecule has 0 aromatic heterocycles. The fourth-order valence-corrected chi connectivity index (χ4v) is 14.6. The molecule has 0 amide bonds. The molecule has 14 heteroatoms. The van der Waals surface area contributed by atoms with Crippen molar-refractivity contribution in [3.63, 3.8) is 0 Å². The zero-order valence-corrected chi connectivity index (χ0v) is 34.1. The third kappa shape index (κ3) is 5.79. The molecule has 4 aliphatic carbocycles. The third-order valence-corrected chi connectivity index (χ3v) is 17.3. The van der Waals surface area contributed by atoms with Gasteiger partial charge in [0, 0.05) is 23.7 Å². The normalized spacial score (nSPS) is 57.4. The monoisotopic (exact) mass is 796 g/mol. The molecule has 4 saturated heterocycles. The molecule has 8 aliphatic rings. The molecule has 320 valence electrons. The Hall–Kier alpha value is -0.820. The van der Waals surface area contributed by atoms with Gasteiger partial charge in [-0.1, -0.05) is 39.3 Å². The van der Waals surface area contributed by atoms with E-state index in [0.29, 0.717) is 31.5 Å². The van der Waals surface area contributed by atoms with Gasteiger partial charge >= 0.3 is 0 Å². The molecule has 14 nitrogen and oxygen atoms in total. The molecule has 4 heterocycles. The minimum atomic E-state index is -1.75. The molecule has 4 saturated carbocycles. The molecule has 21 atom stereocenters. The summed E-state index contributed by atoms with van der Waals surface area (Å²) in [5.41, 5.74) is -0.302. The predicted molar refractivity (Wildman–Crippen MR) is 198 cm³/mol. The fourth-order valence-electron chi connectivity index (χ4n) is 14.6. The highest BCUT2D eigenvalue weighted by atomic mass is 16.7.